The fourth-order valence-electron chi connectivity index (χ4n) is 1.92. The number of benzene rings is 1. The van der Waals surface area contributed by atoms with Crippen molar-refractivity contribution in [3.63, 3.8) is 0 Å². The zero-order valence-electron chi connectivity index (χ0n) is 12.4. The van der Waals surface area contributed by atoms with Gasteiger partial charge in [0, 0.05) is 31.4 Å². The maximum Gasteiger partial charge on any atom is 0.255 e. The molecule has 0 unspecified atom stereocenters. The van der Waals surface area contributed by atoms with Crippen molar-refractivity contribution in [2.75, 3.05) is 20.8 Å². The lowest BCUT2D eigenvalue weighted by atomic mass is 10.1. The van der Waals surface area contributed by atoms with Crippen LogP contribution in [0, 0.1) is 0 Å². The van der Waals surface area contributed by atoms with Crippen LogP contribution in [0.25, 0.3) is 0 Å². The van der Waals surface area contributed by atoms with E-state index in [0.29, 0.717) is 30.2 Å². The molecule has 2 aromatic rings. The topological polar surface area (TPSA) is 82.5 Å². The lowest BCUT2D eigenvalue weighted by molar-refractivity contribution is 0.0949. The lowest BCUT2D eigenvalue weighted by Gasteiger charge is -2.11. The summed E-state index contributed by atoms with van der Waals surface area (Å²) < 4.78 is 11.7. The number of aromatic nitrogens is 2. The van der Waals surface area contributed by atoms with Crippen molar-refractivity contribution in [3.8, 4) is 11.5 Å². The van der Waals surface area contributed by atoms with E-state index in [4.69, 9.17) is 9.47 Å². The molecule has 0 bridgehead atoms. The first kappa shape index (κ1) is 15.6. The molecule has 7 nitrogen and oxygen atoms in total. The summed E-state index contributed by atoms with van der Waals surface area (Å²) in [6.45, 7) is 0.649. The Balaban J connectivity index is 2.01. The third-order valence-corrected chi connectivity index (χ3v) is 3.08. The van der Waals surface area contributed by atoms with Crippen LogP contribution in [0.15, 0.2) is 41.6 Å². The Labute approximate surface area is 127 Å². The highest BCUT2D eigenvalue weighted by Crippen LogP contribution is 2.24. The number of nitrogens with one attached hydrogen (secondary N) is 1. The Morgan fingerprint density at radius 3 is 2.77 bits per heavy atom. The van der Waals surface area contributed by atoms with Gasteiger partial charge in [-0.05, 0) is 12.1 Å². The van der Waals surface area contributed by atoms with Gasteiger partial charge >= 0.3 is 0 Å². The van der Waals surface area contributed by atoms with Crippen LogP contribution in [0.1, 0.15) is 10.4 Å². The van der Waals surface area contributed by atoms with E-state index in [0.717, 1.165) is 0 Å². The van der Waals surface area contributed by atoms with Gasteiger partial charge in [0.15, 0.2) is 0 Å². The van der Waals surface area contributed by atoms with Crippen LogP contribution in [0.5, 0.6) is 11.5 Å². The monoisotopic (exact) mass is 303 g/mol. The fourth-order valence-corrected chi connectivity index (χ4v) is 1.92. The molecule has 1 amide bonds. The average molecular weight is 303 g/mol. The molecular formula is C15H17N3O4. The first-order valence-electron chi connectivity index (χ1n) is 6.66. The van der Waals surface area contributed by atoms with Crippen LogP contribution in [0.3, 0.4) is 0 Å². The van der Waals surface area contributed by atoms with Gasteiger partial charge in [0.05, 0.1) is 26.1 Å². The van der Waals surface area contributed by atoms with E-state index >= 15 is 0 Å². The van der Waals surface area contributed by atoms with E-state index in [2.05, 4.69) is 10.3 Å². The molecule has 1 N–H and O–H groups in total. The number of amides is 1. The molecule has 0 saturated carbocycles. The summed E-state index contributed by atoms with van der Waals surface area (Å²) >= 11 is 0. The molecule has 0 aliphatic rings. The standard InChI is InChI=1S/C15H17N3O4/c1-21-11-3-4-12(13(9-11)22-2)15(20)17-7-8-18-10-16-6-5-14(18)19/h3-6,9-10H,7-8H2,1-2H3,(H,17,20). The summed E-state index contributed by atoms with van der Waals surface area (Å²) in [5.41, 5.74) is 0.244. The van der Waals surface area contributed by atoms with Gasteiger partial charge in [-0.15, -0.1) is 0 Å². The zero-order chi connectivity index (χ0) is 15.9. The molecule has 1 aromatic heterocycles. The number of hydrogen-bond donors (Lipinski definition) is 1. The molecule has 2 rings (SSSR count). The minimum absolute atomic E-state index is 0.161. The number of methoxy groups -OCH3 is 2. The van der Waals surface area contributed by atoms with Crippen molar-refractivity contribution < 1.29 is 14.3 Å². The molecule has 0 spiro atoms. The van der Waals surface area contributed by atoms with E-state index in [9.17, 15) is 9.59 Å². The van der Waals surface area contributed by atoms with E-state index in [1.54, 1.807) is 25.3 Å². The summed E-state index contributed by atoms with van der Waals surface area (Å²) in [4.78, 5) is 27.5. The van der Waals surface area contributed by atoms with Crippen LogP contribution >= 0.6 is 0 Å². The molecule has 0 atom stereocenters. The van der Waals surface area contributed by atoms with E-state index in [-0.39, 0.29) is 11.5 Å². The minimum atomic E-state index is -0.281. The van der Waals surface area contributed by atoms with Gasteiger partial charge < -0.3 is 14.8 Å². The third kappa shape index (κ3) is 3.63. The number of nitrogens with zero attached hydrogens (tertiary/aromatic N) is 2. The predicted octanol–water partition coefficient (Wildman–Crippen LogP) is 0.691. The maximum absolute atomic E-state index is 12.2. The highest BCUT2D eigenvalue weighted by atomic mass is 16.5. The summed E-state index contributed by atoms with van der Waals surface area (Å²) in [6, 6.07) is 6.32. The smallest absolute Gasteiger partial charge is 0.255 e. The molecule has 116 valence electrons. The molecular weight excluding hydrogens is 286 g/mol. The fraction of sp³-hybridized carbons (Fsp3) is 0.267. The minimum Gasteiger partial charge on any atom is -0.497 e. The summed E-state index contributed by atoms with van der Waals surface area (Å²) in [6.07, 6.45) is 2.86. The van der Waals surface area contributed by atoms with Gasteiger partial charge in [-0.2, -0.15) is 0 Å². The molecule has 0 fully saturated rings. The molecule has 1 aromatic carbocycles. The third-order valence-electron chi connectivity index (χ3n) is 3.08. The summed E-state index contributed by atoms with van der Waals surface area (Å²) in [5, 5.41) is 2.74. The normalized spacial score (nSPS) is 10.1. The largest absolute Gasteiger partial charge is 0.497 e. The Bertz CT molecular complexity index is 712. The second-order valence-corrected chi connectivity index (χ2v) is 4.43. The van der Waals surface area contributed by atoms with Gasteiger partial charge in [-0.25, -0.2) is 4.98 Å². The van der Waals surface area contributed by atoms with Gasteiger partial charge in [0.2, 0.25) is 0 Å². The maximum atomic E-state index is 12.2. The second kappa shape index (κ2) is 7.26. The van der Waals surface area contributed by atoms with Crippen LogP contribution in [0.2, 0.25) is 0 Å². The number of rotatable bonds is 6. The van der Waals surface area contributed by atoms with Gasteiger partial charge in [0.25, 0.3) is 11.5 Å². The Hall–Kier alpha value is -2.83. The molecule has 22 heavy (non-hydrogen) atoms. The van der Waals surface area contributed by atoms with Crippen LogP contribution in [-0.4, -0.2) is 36.2 Å². The van der Waals surface area contributed by atoms with Crippen molar-refractivity contribution in [1.82, 2.24) is 14.9 Å². The first-order chi connectivity index (χ1) is 10.7. The zero-order valence-corrected chi connectivity index (χ0v) is 12.4. The van der Waals surface area contributed by atoms with Crippen molar-refractivity contribution in [2.24, 2.45) is 0 Å². The van der Waals surface area contributed by atoms with Crippen LogP contribution in [0.4, 0.5) is 0 Å². The Morgan fingerprint density at radius 2 is 2.09 bits per heavy atom. The van der Waals surface area contributed by atoms with E-state index < -0.39 is 0 Å². The molecule has 0 saturated heterocycles. The second-order valence-electron chi connectivity index (χ2n) is 4.43. The number of ether oxygens (including phenoxy) is 2. The van der Waals surface area contributed by atoms with Crippen molar-refractivity contribution in [2.45, 2.75) is 6.54 Å². The van der Waals surface area contributed by atoms with Crippen LogP contribution in [-0.2, 0) is 6.54 Å². The van der Waals surface area contributed by atoms with E-state index in [1.165, 1.54) is 30.3 Å². The molecule has 0 radical (unpaired) electrons. The SMILES string of the molecule is COc1ccc(C(=O)NCCn2cnccc2=O)c(OC)c1. The highest BCUT2D eigenvalue weighted by molar-refractivity contribution is 5.97. The van der Waals surface area contributed by atoms with Crippen molar-refractivity contribution >= 4 is 5.91 Å². The van der Waals surface area contributed by atoms with Gasteiger partial charge in [-0.1, -0.05) is 0 Å². The molecule has 7 heteroatoms. The highest BCUT2D eigenvalue weighted by Gasteiger charge is 2.12. The summed E-state index contributed by atoms with van der Waals surface area (Å²) in [7, 11) is 3.03. The van der Waals surface area contributed by atoms with Crippen molar-refractivity contribution in [3.05, 3.63) is 52.7 Å². The molecule has 0 aliphatic heterocycles. The number of hydrogen-bond acceptors (Lipinski definition) is 5. The first-order valence-corrected chi connectivity index (χ1v) is 6.66. The van der Waals surface area contributed by atoms with Crippen molar-refractivity contribution in [1.29, 1.82) is 0 Å². The predicted molar refractivity (Wildman–Crippen MR) is 80.4 cm³/mol. The Kier molecular flexibility index (Phi) is 5.13. The van der Waals surface area contributed by atoms with Gasteiger partial charge in [-0.3, -0.25) is 14.2 Å². The molecule has 0 aliphatic carbocycles. The van der Waals surface area contributed by atoms with Crippen LogP contribution < -0.4 is 20.3 Å². The summed E-state index contributed by atoms with van der Waals surface area (Å²) in [5.74, 6) is 0.752. The Morgan fingerprint density at radius 1 is 1.27 bits per heavy atom. The average Bonchev–Trinajstić information content (AvgIpc) is 2.55. The molecule has 1 heterocycles. The lowest BCUT2D eigenvalue weighted by Crippen LogP contribution is -2.30. The number of carbonyl (C=O) groups excluding carboxylic acids is 1. The quantitative estimate of drug-likeness (QED) is 0.849. The number of carbonyl (C=O) groups is 1. The van der Waals surface area contributed by atoms with E-state index in [1.807, 2.05) is 0 Å². The van der Waals surface area contributed by atoms with Gasteiger partial charge in [0.1, 0.15) is 11.5 Å².